The van der Waals surface area contributed by atoms with Gasteiger partial charge in [0, 0.05) is 36.5 Å². The molecule has 3 heterocycles. The third-order valence-electron chi connectivity index (χ3n) is 4.60. The van der Waals surface area contributed by atoms with Crippen LogP contribution in [0, 0.1) is 0 Å². The van der Waals surface area contributed by atoms with Crippen molar-refractivity contribution in [2.24, 2.45) is 0 Å². The zero-order valence-electron chi connectivity index (χ0n) is 13.9. The van der Waals surface area contributed by atoms with Gasteiger partial charge in [-0.2, -0.15) is 10.2 Å². The highest BCUT2D eigenvalue weighted by molar-refractivity contribution is 5.78. The van der Waals surface area contributed by atoms with Crippen molar-refractivity contribution in [1.82, 2.24) is 30.3 Å². The first-order chi connectivity index (χ1) is 12.3. The summed E-state index contributed by atoms with van der Waals surface area (Å²) in [5, 5.41) is 14.1. The summed E-state index contributed by atoms with van der Waals surface area (Å²) in [6, 6.07) is 11.7. The first-order valence-corrected chi connectivity index (χ1v) is 8.53. The molecule has 0 saturated carbocycles. The zero-order valence-corrected chi connectivity index (χ0v) is 13.9. The Kier molecular flexibility index (Phi) is 4.28. The number of likely N-dealkylation sites (tertiary alicyclic amines) is 1. The lowest BCUT2D eigenvalue weighted by Crippen LogP contribution is -2.40. The molecule has 2 N–H and O–H groups in total. The van der Waals surface area contributed by atoms with Gasteiger partial charge in [0.15, 0.2) is 5.82 Å². The van der Waals surface area contributed by atoms with E-state index in [0.717, 1.165) is 36.5 Å². The van der Waals surface area contributed by atoms with Crippen LogP contribution in [0.15, 0.2) is 42.6 Å². The smallest absolute Gasteiger partial charge is 0.228 e. The van der Waals surface area contributed by atoms with Crippen molar-refractivity contribution in [3.8, 4) is 11.4 Å². The second-order valence-electron chi connectivity index (χ2n) is 6.35. The molecule has 1 fully saturated rings. The van der Waals surface area contributed by atoms with Gasteiger partial charge >= 0.3 is 0 Å². The number of piperidine rings is 1. The largest absolute Gasteiger partial charge is 0.342 e. The standard InChI is InChI=1S/C18H20N6O/c25-16(11-15-8-9-19-21-15)24-10-4-7-14(12-24)18-20-17(22-23-18)13-5-2-1-3-6-13/h1-3,5-6,8-9,14H,4,7,10-12H2,(H,19,21)(H,20,22,23). The number of hydrogen-bond donors (Lipinski definition) is 2. The number of nitrogens with zero attached hydrogens (tertiary/aromatic N) is 4. The molecule has 1 atom stereocenters. The molecule has 2 aromatic heterocycles. The maximum absolute atomic E-state index is 12.5. The maximum Gasteiger partial charge on any atom is 0.228 e. The average Bonchev–Trinajstić information content (AvgIpc) is 3.34. The van der Waals surface area contributed by atoms with Crippen LogP contribution >= 0.6 is 0 Å². The van der Waals surface area contributed by atoms with Gasteiger partial charge in [0.05, 0.1) is 6.42 Å². The predicted molar refractivity (Wildman–Crippen MR) is 92.7 cm³/mol. The Hall–Kier alpha value is -2.96. The molecule has 1 aliphatic heterocycles. The second kappa shape index (κ2) is 6.88. The van der Waals surface area contributed by atoms with Crippen molar-refractivity contribution in [3.05, 3.63) is 54.1 Å². The number of amides is 1. The molecule has 1 unspecified atom stereocenters. The van der Waals surface area contributed by atoms with Crippen LogP contribution in [0.2, 0.25) is 0 Å². The lowest BCUT2D eigenvalue weighted by atomic mass is 9.97. The highest BCUT2D eigenvalue weighted by Gasteiger charge is 2.27. The summed E-state index contributed by atoms with van der Waals surface area (Å²) in [7, 11) is 0. The minimum absolute atomic E-state index is 0.122. The molecule has 1 aliphatic rings. The number of carbonyl (C=O) groups excluding carboxylic acids is 1. The van der Waals surface area contributed by atoms with Crippen LogP contribution in [0.5, 0.6) is 0 Å². The van der Waals surface area contributed by atoms with E-state index in [1.165, 1.54) is 0 Å². The van der Waals surface area contributed by atoms with Crippen LogP contribution in [0.25, 0.3) is 11.4 Å². The summed E-state index contributed by atoms with van der Waals surface area (Å²) >= 11 is 0. The van der Waals surface area contributed by atoms with Crippen molar-refractivity contribution in [2.45, 2.75) is 25.2 Å². The Balaban J connectivity index is 1.44. The molecule has 7 heteroatoms. The Morgan fingerprint density at radius 1 is 1.20 bits per heavy atom. The summed E-state index contributed by atoms with van der Waals surface area (Å²) in [6.07, 6.45) is 4.01. The van der Waals surface area contributed by atoms with Crippen molar-refractivity contribution in [2.75, 3.05) is 13.1 Å². The number of aromatic amines is 2. The van der Waals surface area contributed by atoms with Crippen molar-refractivity contribution in [1.29, 1.82) is 0 Å². The Morgan fingerprint density at radius 3 is 2.88 bits per heavy atom. The van der Waals surface area contributed by atoms with E-state index in [1.54, 1.807) is 6.20 Å². The van der Waals surface area contributed by atoms with E-state index >= 15 is 0 Å². The van der Waals surface area contributed by atoms with Gasteiger partial charge in [-0.3, -0.25) is 15.0 Å². The molecule has 1 amide bonds. The SMILES string of the molecule is O=C(Cc1ccn[nH]1)N1CCCC(c2nc(-c3ccccc3)n[nH]2)C1. The van der Waals surface area contributed by atoms with Crippen molar-refractivity contribution >= 4 is 5.91 Å². The van der Waals surface area contributed by atoms with Crippen molar-refractivity contribution in [3.63, 3.8) is 0 Å². The molecular formula is C18H20N6O. The Bertz CT molecular complexity index is 826. The van der Waals surface area contributed by atoms with E-state index in [4.69, 9.17) is 0 Å². The molecule has 7 nitrogen and oxygen atoms in total. The van der Waals surface area contributed by atoms with Gasteiger partial charge in [0.25, 0.3) is 0 Å². The summed E-state index contributed by atoms with van der Waals surface area (Å²) < 4.78 is 0. The Morgan fingerprint density at radius 2 is 2.08 bits per heavy atom. The van der Waals surface area contributed by atoms with Crippen LogP contribution in [-0.2, 0) is 11.2 Å². The highest BCUT2D eigenvalue weighted by Crippen LogP contribution is 2.26. The number of benzene rings is 1. The van der Waals surface area contributed by atoms with E-state index in [1.807, 2.05) is 41.3 Å². The summed E-state index contributed by atoms with van der Waals surface area (Å²) in [4.78, 5) is 19.1. The predicted octanol–water partition coefficient (Wildman–Crippen LogP) is 2.14. The van der Waals surface area contributed by atoms with Crippen LogP contribution in [0.4, 0.5) is 0 Å². The summed E-state index contributed by atoms with van der Waals surface area (Å²) in [6.45, 7) is 1.47. The lowest BCUT2D eigenvalue weighted by molar-refractivity contribution is -0.131. The molecule has 25 heavy (non-hydrogen) atoms. The molecule has 0 spiro atoms. The first kappa shape index (κ1) is 15.6. The quantitative estimate of drug-likeness (QED) is 0.764. The minimum Gasteiger partial charge on any atom is -0.342 e. The van der Waals surface area contributed by atoms with Crippen molar-refractivity contribution < 1.29 is 4.79 Å². The van der Waals surface area contributed by atoms with Gasteiger partial charge in [0.2, 0.25) is 5.91 Å². The number of carbonyl (C=O) groups is 1. The first-order valence-electron chi connectivity index (χ1n) is 8.53. The highest BCUT2D eigenvalue weighted by atomic mass is 16.2. The van der Waals surface area contributed by atoms with Gasteiger partial charge in [-0.15, -0.1) is 0 Å². The second-order valence-corrected chi connectivity index (χ2v) is 6.35. The van der Waals surface area contributed by atoms with Gasteiger partial charge in [-0.25, -0.2) is 4.98 Å². The summed E-state index contributed by atoms with van der Waals surface area (Å²) in [5.74, 6) is 1.88. The number of rotatable bonds is 4. The molecule has 0 radical (unpaired) electrons. The fourth-order valence-corrected chi connectivity index (χ4v) is 3.26. The lowest BCUT2D eigenvalue weighted by Gasteiger charge is -2.31. The van der Waals surface area contributed by atoms with E-state index < -0.39 is 0 Å². The van der Waals surface area contributed by atoms with E-state index in [0.29, 0.717) is 18.8 Å². The number of aromatic nitrogens is 5. The van der Waals surface area contributed by atoms with E-state index in [2.05, 4.69) is 25.4 Å². The Labute approximate surface area is 145 Å². The van der Waals surface area contributed by atoms with E-state index in [-0.39, 0.29) is 11.8 Å². The maximum atomic E-state index is 12.5. The topological polar surface area (TPSA) is 90.6 Å². The fourth-order valence-electron chi connectivity index (χ4n) is 3.26. The van der Waals surface area contributed by atoms with Gasteiger partial charge in [0.1, 0.15) is 5.82 Å². The molecular weight excluding hydrogens is 316 g/mol. The number of hydrogen-bond acceptors (Lipinski definition) is 4. The molecule has 4 rings (SSSR count). The van der Waals surface area contributed by atoms with Crippen LogP contribution in [0.1, 0.15) is 30.3 Å². The molecule has 0 bridgehead atoms. The molecule has 1 aromatic carbocycles. The minimum atomic E-state index is 0.122. The zero-order chi connectivity index (χ0) is 17.1. The molecule has 0 aliphatic carbocycles. The summed E-state index contributed by atoms with van der Waals surface area (Å²) in [5.41, 5.74) is 1.84. The third kappa shape index (κ3) is 3.45. The monoisotopic (exact) mass is 336 g/mol. The van der Waals surface area contributed by atoms with Crippen LogP contribution in [-0.4, -0.2) is 49.3 Å². The van der Waals surface area contributed by atoms with Crippen LogP contribution in [0.3, 0.4) is 0 Å². The fraction of sp³-hybridized carbons (Fsp3) is 0.333. The van der Waals surface area contributed by atoms with E-state index in [9.17, 15) is 4.79 Å². The number of H-pyrrole nitrogens is 2. The molecule has 3 aromatic rings. The van der Waals surface area contributed by atoms with Crippen LogP contribution < -0.4 is 0 Å². The van der Waals surface area contributed by atoms with Gasteiger partial charge < -0.3 is 4.90 Å². The molecule has 128 valence electrons. The van der Waals surface area contributed by atoms with Gasteiger partial charge in [-0.1, -0.05) is 30.3 Å². The number of nitrogens with one attached hydrogen (secondary N) is 2. The van der Waals surface area contributed by atoms with Gasteiger partial charge in [-0.05, 0) is 18.9 Å². The molecule has 1 saturated heterocycles. The third-order valence-corrected chi connectivity index (χ3v) is 4.60. The average molecular weight is 336 g/mol. The normalized spacial score (nSPS) is 17.6.